The summed E-state index contributed by atoms with van der Waals surface area (Å²) in [5, 5.41) is 19.7. The van der Waals surface area contributed by atoms with Crippen molar-refractivity contribution in [3.63, 3.8) is 0 Å². The molecule has 0 bridgehead atoms. The van der Waals surface area contributed by atoms with Gasteiger partial charge in [-0.15, -0.1) is 5.10 Å². The number of aromatic amines is 1. The van der Waals surface area contributed by atoms with E-state index in [0.29, 0.717) is 5.56 Å². The third-order valence-electron chi connectivity index (χ3n) is 2.01. The van der Waals surface area contributed by atoms with Gasteiger partial charge in [0, 0.05) is 5.56 Å². The SMILES string of the molecule is Nn1c(N/N=C\c2ccccc2O)n[nH]c1=S. The van der Waals surface area contributed by atoms with Crippen LogP contribution in [-0.2, 0) is 0 Å². The summed E-state index contributed by atoms with van der Waals surface area (Å²) in [7, 11) is 0. The number of H-pyrrole nitrogens is 1. The van der Waals surface area contributed by atoms with Crippen molar-refractivity contribution in [3.8, 4) is 5.75 Å². The highest BCUT2D eigenvalue weighted by molar-refractivity contribution is 7.71. The minimum absolute atomic E-state index is 0.143. The Kier molecular flexibility index (Phi) is 3.06. The second kappa shape index (κ2) is 4.66. The van der Waals surface area contributed by atoms with Gasteiger partial charge in [-0.25, -0.2) is 10.5 Å². The Morgan fingerprint density at radius 3 is 2.94 bits per heavy atom. The first-order valence-electron chi connectivity index (χ1n) is 4.68. The Bertz CT molecular complexity index is 602. The summed E-state index contributed by atoms with van der Waals surface area (Å²) in [5.41, 5.74) is 3.18. The number of nitrogens with one attached hydrogen (secondary N) is 2. The molecule has 1 heterocycles. The smallest absolute Gasteiger partial charge is 0.262 e. The third kappa shape index (κ3) is 2.42. The van der Waals surface area contributed by atoms with E-state index in [-0.39, 0.29) is 16.5 Å². The van der Waals surface area contributed by atoms with E-state index in [1.807, 2.05) is 0 Å². The van der Waals surface area contributed by atoms with Crippen molar-refractivity contribution in [3.05, 3.63) is 34.6 Å². The van der Waals surface area contributed by atoms with Crippen LogP contribution < -0.4 is 11.3 Å². The molecular formula is C9H10N6OS. The molecular weight excluding hydrogens is 240 g/mol. The number of hydrogen-bond donors (Lipinski definition) is 4. The van der Waals surface area contributed by atoms with E-state index in [4.69, 9.17) is 18.1 Å². The summed E-state index contributed by atoms with van der Waals surface area (Å²) >= 11 is 4.83. The molecule has 0 fully saturated rings. The fourth-order valence-electron chi connectivity index (χ4n) is 1.14. The normalized spacial score (nSPS) is 10.8. The van der Waals surface area contributed by atoms with E-state index in [1.54, 1.807) is 24.3 Å². The molecule has 5 N–H and O–H groups in total. The standard InChI is InChI=1S/C9H10N6OS/c10-15-8(13-14-9(15)17)12-11-5-6-3-1-2-4-7(6)16/h1-5,16H,10H2,(H,12,13)(H,14,17)/b11-5-. The molecule has 0 saturated heterocycles. The van der Waals surface area contributed by atoms with E-state index >= 15 is 0 Å². The van der Waals surface area contributed by atoms with Gasteiger partial charge in [-0.3, -0.25) is 0 Å². The molecule has 0 spiro atoms. The van der Waals surface area contributed by atoms with Gasteiger partial charge in [0.05, 0.1) is 6.21 Å². The van der Waals surface area contributed by atoms with Crippen LogP contribution in [0.1, 0.15) is 5.56 Å². The maximum absolute atomic E-state index is 9.48. The fraction of sp³-hybridized carbons (Fsp3) is 0. The summed E-state index contributed by atoms with van der Waals surface area (Å²) in [6.45, 7) is 0. The van der Waals surface area contributed by atoms with Gasteiger partial charge < -0.3 is 10.9 Å². The molecule has 0 amide bonds. The quantitative estimate of drug-likeness (QED) is 0.279. The van der Waals surface area contributed by atoms with Crippen molar-refractivity contribution in [2.24, 2.45) is 5.10 Å². The van der Waals surface area contributed by atoms with Crippen molar-refractivity contribution in [1.29, 1.82) is 0 Å². The Hall–Kier alpha value is -2.35. The summed E-state index contributed by atoms with van der Waals surface area (Å²) < 4.78 is 1.43. The molecule has 2 rings (SSSR count). The third-order valence-corrected chi connectivity index (χ3v) is 2.30. The molecule has 2 aromatic rings. The summed E-state index contributed by atoms with van der Waals surface area (Å²) in [4.78, 5) is 0. The van der Waals surface area contributed by atoms with Crippen LogP contribution in [0, 0.1) is 4.77 Å². The van der Waals surface area contributed by atoms with E-state index in [2.05, 4.69) is 20.7 Å². The Balaban J connectivity index is 2.11. The van der Waals surface area contributed by atoms with Gasteiger partial charge in [-0.2, -0.15) is 9.78 Å². The average molecular weight is 250 g/mol. The Morgan fingerprint density at radius 2 is 2.29 bits per heavy atom. The number of nitrogens with zero attached hydrogens (tertiary/aromatic N) is 3. The number of benzene rings is 1. The molecule has 0 unspecified atom stereocenters. The molecule has 0 aliphatic heterocycles. The topological polar surface area (TPSA) is 104 Å². The second-order valence-corrected chi connectivity index (χ2v) is 3.54. The minimum Gasteiger partial charge on any atom is -0.507 e. The molecule has 0 radical (unpaired) electrons. The molecule has 1 aromatic heterocycles. The molecule has 88 valence electrons. The van der Waals surface area contributed by atoms with E-state index in [0.717, 1.165) is 4.68 Å². The van der Waals surface area contributed by atoms with Crippen LogP contribution in [0.3, 0.4) is 0 Å². The number of aromatic hydroxyl groups is 1. The van der Waals surface area contributed by atoms with Crippen molar-refractivity contribution in [1.82, 2.24) is 14.9 Å². The highest BCUT2D eigenvalue weighted by Crippen LogP contribution is 2.12. The summed E-state index contributed by atoms with van der Waals surface area (Å²) in [6.07, 6.45) is 1.45. The highest BCUT2D eigenvalue weighted by atomic mass is 32.1. The van der Waals surface area contributed by atoms with Crippen molar-refractivity contribution in [2.45, 2.75) is 0 Å². The van der Waals surface area contributed by atoms with Gasteiger partial charge in [0.25, 0.3) is 5.95 Å². The summed E-state index contributed by atoms with van der Waals surface area (Å²) in [5.74, 6) is 5.97. The molecule has 7 nitrogen and oxygen atoms in total. The van der Waals surface area contributed by atoms with Crippen LogP contribution >= 0.6 is 12.2 Å². The maximum Gasteiger partial charge on any atom is 0.262 e. The minimum atomic E-state index is 0.143. The van der Waals surface area contributed by atoms with E-state index < -0.39 is 0 Å². The second-order valence-electron chi connectivity index (χ2n) is 3.15. The first kappa shape index (κ1) is 11.1. The number of para-hydroxylation sites is 1. The monoisotopic (exact) mass is 250 g/mol. The van der Waals surface area contributed by atoms with Crippen molar-refractivity contribution >= 4 is 24.4 Å². The molecule has 0 atom stereocenters. The van der Waals surface area contributed by atoms with Crippen LogP contribution in [0.4, 0.5) is 5.95 Å². The van der Waals surface area contributed by atoms with Crippen molar-refractivity contribution in [2.75, 3.05) is 11.3 Å². The number of phenolic OH excluding ortho intramolecular Hbond substituents is 1. The van der Waals surface area contributed by atoms with Gasteiger partial charge in [0.15, 0.2) is 0 Å². The lowest BCUT2D eigenvalue weighted by Gasteiger charge is -1.99. The molecule has 17 heavy (non-hydrogen) atoms. The van der Waals surface area contributed by atoms with E-state index in [9.17, 15) is 5.11 Å². The largest absolute Gasteiger partial charge is 0.507 e. The van der Waals surface area contributed by atoms with Gasteiger partial charge in [0.1, 0.15) is 5.75 Å². The predicted molar refractivity (Wildman–Crippen MR) is 66.9 cm³/mol. The zero-order chi connectivity index (χ0) is 12.3. The lowest BCUT2D eigenvalue weighted by Crippen LogP contribution is -2.11. The number of rotatable bonds is 3. The number of nitrogens with two attached hydrogens (primary N) is 1. The molecule has 1 aromatic carbocycles. The first-order chi connectivity index (χ1) is 8.18. The van der Waals surface area contributed by atoms with E-state index in [1.165, 1.54) is 6.21 Å². The van der Waals surface area contributed by atoms with Crippen LogP contribution in [-0.4, -0.2) is 26.2 Å². The predicted octanol–water partition coefficient (Wildman–Crippen LogP) is 0.806. The fourth-order valence-corrected chi connectivity index (χ4v) is 1.27. The molecule has 0 saturated carbocycles. The first-order valence-corrected chi connectivity index (χ1v) is 5.09. The number of anilines is 1. The number of hydrazone groups is 1. The van der Waals surface area contributed by atoms with Gasteiger partial charge >= 0.3 is 0 Å². The lowest BCUT2D eigenvalue weighted by atomic mass is 10.2. The van der Waals surface area contributed by atoms with Crippen LogP contribution in [0.2, 0.25) is 0 Å². The lowest BCUT2D eigenvalue weighted by molar-refractivity contribution is 0.474. The number of hydrogen-bond acceptors (Lipinski definition) is 6. The van der Waals surface area contributed by atoms with Crippen LogP contribution in [0.25, 0.3) is 0 Å². The Morgan fingerprint density at radius 1 is 1.53 bits per heavy atom. The number of aromatic nitrogens is 3. The van der Waals surface area contributed by atoms with Crippen LogP contribution in [0.5, 0.6) is 5.75 Å². The van der Waals surface area contributed by atoms with Gasteiger partial charge in [-0.1, -0.05) is 12.1 Å². The zero-order valence-electron chi connectivity index (χ0n) is 8.66. The zero-order valence-corrected chi connectivity index (χ0v) is 9.48. The maximum atomic E-state index is 9.48. The van der Waals surface area contributed by atoms with Gasteiger partial charge in [0.2, 0.25) is 4.77 Å². The molecule has 0 aliphatic carbocycles. The molecule has 0 aliphatic rings. The Labute approximate surface area is 102 Å². The van der Waals surface area contributed by atoms with Crippen LogP contribution in [0.15, 0.2) is 29.4 Å². The van der Waals surface area contributed by atoms with Crippen molar-refractivity contribution < 1.29 is 5.11 Å². The number of phenols is 1. The average Bonchev–Trinajstić information content (AvgIpc) is 2.63. The number of nitrogen functional groups attached to an aromatic ring is 1. The van der Waals surface area contributed by atoms with Gasteiger partial charge in [-0.05, 0) is 24.4 Å². The summed E-state index contributed by atoms with van der Waals surface area (Å²) in [6, 6.07) is 6.81. The molecule has 8 heteroatoms. The highest BCUT2D eigenvalue weighted by Gasteiger charge is 2.00.